The first-order valence-corrected chi connectivity index (χ1v) is 9.03. The Morgan fingerprint density at radius 1 is 1.40 bits per heavy atom. The maximum atomic E-state index is 13.0. The largest absolute Gasteiger partial charge is 0.462 e. The average molecular weight is 343 g/mol. The van der Waals surface area contributed by atoms with Crippen LogP contribution < -0.4 is 0 Å². The standard InChI is InChI=1S/C20H25NO4/c1-4-7-14-12-16-15(20(23)25-13(2)3)8-5-10-21(16)18(14)19(22)17-9-6-11-24-17/h6,9,11-13,15H,4-5,7-8,10H2,1-3H3. The predicted molar refractivity (Wildman–Crippen MR) is 93.8 cm³/mol. The van der Waals surface area contributed by atoms with Crippen LogP contribution >= 0.6 is 0 Å². The minimum absolute atomic E-state index is 0.113. The first-order valence-electron chi connectivity index (χ1n) is 9.03. The summed E-state index contributed by atoms with van der Waals surface area (Å²) in [6, 6.07) is 5.42. The summed E-state index contributed by atoms with van der Waals surface area (Å²) in [5, 5.41) is 0. The number of hydrogen-bond donors (Lipinski definition) is 0. The van der Waals surface area contributed by atoms with Crippen LogP contribution in [0.15, 0.2) is 28.9 Å². The Labute approximate surface area is 148 Å². The molecule has 25 heavy (non-hydrogen) atoms. The normalized spacial score (nSPS) is 16.7. The molecule has 0 saturated carbocycles. The summed E-state index contributed by atoms with van der Waals surface area (Å²) in [6.07, 6.45) is 4.71. The number of fused-ring (bicyclic) bond motifs is 1. The maximum absolute atomic E-state index is 13.0. The predicted octanol–water partition coefficient (Wildman–Crippen LogP) is 4.09. The van der Waals surface area contributed by atoms with Crippen molar-refractivity contribution in [1.29, 1.82) is 0 Å². The molecule has 1 aliphatic heterocycles. The quantitative estimate of drug-likeness (QED) is 0.585. The highest BCUT2D eigenvalue weighted by Gasteiger charge is 2.33. The Bertz CT molecular complexity index is 755. The molecule has 0 radical (unpaired) electrons. The van der Waals surface area contributed by atoms with Crippen molar-refractivity contribution in [3.8, 4) is 0 Å². The van der Waals surface area contributed by atoms with Crippen LogP contribution in [-0.2, 0) is 22.5 Å². The topological polar surface area (TPSA) is 61.4 Å². The molecular formula is C20H25NO4. The summed E-state index contributed by atoms with van der Waals surface area (Å²) >= 11 is 0. The van der Waals surface area contributed by atoms with E-state index < -0.39 is 0 Å². The molecule has 0 aliphatic carbocycles. The highest BCUT2D eigenvalue weighted by Crippen LogP contribution is 2.34. The Hall–Kier alpha value is -2.30. The second kappa shape index (κ2) is 7.30. The number of ketones is 1. The van der Waals surface area contributed by atoms with Gasteiger partial charge in [-0.05, 0) is 56.9 Å². The summed E-state index contributed by atoms with van der Waals surface area (Å²) in [7, 11) is 0. The lowest BCUT2D eigenvalue weighted by Gasteiger charge is -2.25. The maximum Gasteiger partial charge on any atom is 0.315 e. The van der Waals surface area contributed by atoms with Crippen molar-refractivity contribution in [3.05, 3.63) is 47.2 Å². The lowest BCUT2D eigenvalue weighted by atomic mass is 9.96. The number of esters is 1. The van der Waals surface area contributed by atoms with Crippen LogP contribution in [0.2, 0.25) is 0 Å². The molecule has 3 rings (SSSR count). The molecule has 1 atom stereocenters. The Morgan fingerprint density at radius 2 is 2.20 bits per heavy atom. The molecule has 134 valence electrons. The van der Waals surface area contributed by atoms with Gasteiger partial charge in [0.25, 0.3) is 0 Å². The van der Waals surface area contributed by atoms with Crippen molar-refractivity contribution < 1.29 is 18.7 Å². The minimum atomic E-state index is -0.301. The number of carbonyl (C=O) groups is 2. The van der Waals surface area contributed by atoms with Crippen LogP contribution in [0.25, 0.3) is 0 Å². The van der Waals surface area contributed by atoms with Gasteiger partial charge in [0.05, 0.1) is 24.0 Å². The number of furan rings is 1. The summed E-state index contributed by atoms with van der Waals surface area (Å²) < 4.78 is 12.8. The fourth-order valence-corrected chi connectivity index (χ4v) is 3.56. The Balaban J connectivity index is 2.03. The van der Waals surface area contributed by atoms with Gasteiger partial charge in [-0.3, -0.25) is 9.59 Å². The van der Waals surface area contributed by atoms with E-state index in [1.165, 1.54) is 6.26 Å². The van der Waals surface area contributed by atoms with Crippen molar-refractivity contribution >= 4 is 11.8 Å². The van der Waals surface area contributed by atoms with Crippen molar-refractivity contribution in [2.45, 2.75) is 65.0 Å². The van der Waals surface area contributed by atoms with Gasteiger partial charge in [-0.25, -0.2) is 0 Å². The highest BCUT2D eigenvalue weighted by molar-refractivity contribution is 6.07. The fourth-order valence-electron chi connectivity index (χ4n) is 3.56. The van der Waals surface area contributed by atoms with E-state index in [2.05, 4.69) is 6.92 Å². The smallest absolute Gasteiger partial charge is 0.315 e. The molecule has 3 heterocycles. The Morgan fingerprint density at radius 3 is 2.84 bits per heavy atom. The van der Waals surface area contributed by atoms with Crippen LogP contribution in [0.1, 0.15) is 73.5 Å². The molecule has 0 N–H and O–H groups in total. The lowest BCUT2D eigenvalue weighted by Crippen LogP contribution is -2.27. The van der Waals surface area contributed by atoms with Gasteiger partial charge in [-0.2, -0.15) is 0 Å². The Kier molecular flexibility index (Phi) is 5.11. The third kappa shape index (κ3) is 3.41. The zero-order chi connectivity index (χ0) is 18.0. The zero-order valence-corrected chi connectivity index (χ0v) is 15.1. The molecule has 2 aromatic heterocycles. The minimum Gasteiger partial charge on any atom is -0.462 e. The molecule has 0 saturated heterocycles. The van der Waals surface area contributed by atoms with E-state index in [0.717, 1.165) is 43.5 Å². The second-order valence-corrected chi connectivity index (χ2v) is 6.83. The summed E-state index contributed by atoms with van der Waals surface area (Å²) in [5.41, 5.74) is 2.55. The van der Waals surface area contributed by atoms with Gasteiger partial charge in [0, 0.05) is 12.2 Å². The van der Waals surface area contributed by atoms with Crippen LogP contribution in [0.3, 0.4) is 0 Å². The van der Waals surface area contributed by atoms with Gasteiger partial charge in [0.1, 0.15) is 0 Å². The summed E-state index contributed by atoms with van der Waals surface area (Å²) in [5.74, 6) is -0.277. The molecule has 2 aromatic rings. The van der Waals surface area contributed by atoms with Crippen molar-refractivity contribution in [2.24, 2.45) is 0 Å². The van der Waals surface area contributed by atoms with Gasteiger partial charge in [0.2, 0.25) is 5.78 Å². The van der Waals surface area contributed by atoms with Gasteiger partial charge in [0.15, 0.2) is 5.76 Å². The molecule has 0 fully saturated rings. The molecule has 5 heteroatoms. The first-order chi connectivity index (χ1) is 12.0. The molecule has 0 spiro atoms. The fraction of sp³-hybridized carbons (Fsp3) is 0.500. The van der Waals surface area contributed by atoms with Crippen molar-refractivity contribution in [2.75, 3.05) is 0 Å². The number of aryl methyl sites for hydroxylation is 1. The van der Waals surface area contributed by atoms with Crippen molar-refractivity contribution in [1.82, 2.24) is 4.57 Å². The number of carbonyl (C=O) groups excluding carboxylic acids is 2. The number of ether oxygens (including phenoxy) is 1. The van der Waals surface area contributed by atoms with Gasteiger partial charge >= 0.3 is 5.97 Å². The lowest BCUT2D eigenvalue weighted by molar-refractivity contribution is -0.149. The van der Waals surface area contributed by atoms with E-state index in [4.69, 9.17) is 9.15 Å². The number of rotatable bonds is 6. The monoisotopic (exact) mass is 343 g/mol. The summed E-state index contributed by atoms with van der Waals surface area (Å²) in [6.45, 7) is 6.54. The van der Waals surface area contributed by atoms with Gasteiger partial charge < -0.3 is 13.7 Å². The van der Waals surface area contributed by atoms with E-state index >= 15 is 0 Å². The number of hydrogen-bond acceptors (Lipinski definition) is 4. The van der Waals surface area contributed by atoms with Crippen LogP contribution in [0.4, 0.5) is 0 Å². The third-order valence-electron chi connectivity index (χ3n) is 4.56. The van der Waals surface area contributed by atoms with Crippen molar-refractivity contribution in [3.63, 3.8) is 0 Å². The zero-order valence-electron chi connectivity index (χ0n) is 15.1. The molecule has 1 unspecified atom stereocenters. The third-order valence-corrected chi connectivity index (χ3v) is 4.56. The van der Waals surface area contributed by atoms with Crippen LogP contribution in [0, 0.1) is 0 Å². The van der Waals surface area contributed by atoms with E-state index in [1.807, 2.05) is 24.5 Å². The summed E-state index contributed by atoms with van der Waals surface area (Å²) in [4.78, 5) is 25.5. The van der Waals surface area contributed by atoms with E-state index in [1.54, 1.807) is 12.1 Å². The van der Waals surface area contributed by atoms with E-state index in [9.17, 15) is 9.59 Å². The SMILES string of the molecule is CCCc1cc2n(c1C(=O)c1ccco1)CCCC2C(=O)OC(C)C. The van der Waals surface area contributed by atoms with Gasteiger partial charge in [-0.15, -0.1) is 0 Å². The van der Waals surface area contributed by atoms with Gasteiger partial charge in [-0.1, -0.05) is 13.3 Å². The molecule has 0 bridgehead atoms. The van der Waals surface area contributed by atoms with Crippen LogP contribution in [-0.4, -0.2) is 22.4 Å². The molecule has 1 aliphatic rings. The van der Waals surface area contributed by atoms with E-state index in [0.29, 0.717) is 11.5 Å². The first kappa shape index (κ1) is 17.5. The second-order valence-electron chi connectivity index (χ2n) is 6.83. The van der Waals surface area contributed by atoms with Crippen LogP contribution in [0.5, 0.6) is 0 Å². The molecule has 0 aromatic carbocycles. The average Bonchev–Trinajstić information content (AvgIpc) is 3.21. The van der Waals surface area contributed by atoms with E-state index in [-0.39, 0.29) is 23.8 Å². The molecule has 5 nitrogen and oxygen atoms in total. The number of nitrogens with zero attached hydrogens (tertiary/aromatic N) is 1. The molecular weight excluding hydrogens is 318 g/mol. The number of aromatic nitrogens is 1. The highest BCUT2D eigenvalue weighted by atomic mass is 16.5. The molecule has 0 amide bonds.